The third-order valence-electron chi connectivity index (χ3n) is 5.37. The van der Waals surface area contributed by atoms with Crippen LogP contribution in [0, 0.1) is 5.92 Å². The van der Waals surface area contributed by atoms with Gasteiger partial charge < -0.3 is 15.0 Å². The average molecular weight is 326 g/mol. The number of rotatable bonds is 3. The van der Waals surface area contributed by atoms with Crippen molar-refractivity contribution in [2.45, 2.75) is 44.2 Å². The minimum Gasteiger partial charge on any atom is -0.378 e. The molecule has 1 aromatic rings. The van der Waals surface area contributed by atoms with Crippen LogP contribution >= 0.6 is 0 Å². The molecule has 3 aliphatic rings. The standard InChI is InChI=1S/C20H26N2O2/c23-20(21-18-10-12-24-19(13-18)16-8-9-16)22-11-4-7-17(14-22)15-5-2-1-3-6-15/h1-3,5-7,16,18-19H,4,8-14H2,(H,21,23). The van der Waals surface area contributed by atoms with Gasteiger partial charge in [0.15, 0.2) is 0 Å². The first-order chi connectivity index (χ1) is 11.8. The van der Waals surface area contributed by atoms with Crippen molar-refractivity contribution in [3.63, 3.8) is 0 Å². The first-order valence-electron chi connectivity index (χ1n) is 9.21. The van der Waals surface area contributed by atoms with E-state index in [9.17, 15) is 4.79 Å². The van der Waals surface area contributed by atoms with E-state index in [2.05, 4.69) is 35.7 Å². The van der Waals surface area contributed by atoms with E-state index in [1.165, 1.54) is 24.0 Å². The molecule has 128 valence electrons. The molecule has 2 aliphatic heterocycles. The van der Waals surface area contributed by atoms with E-state index in [4.69, 9.17) is 4.74 Å². The summed E-state index contributed by atoms with van der Waals surface area (Å²) >= 11 is 0. The number of nitrogens with zero attached hydrogens (tertiary/aromatic N) is 1. The van der Waals surface area contributed by atoms with E-state index in [-0.39, 0.29) is 12.1 Å². The minimum absolute atomic E-state index is 0.0815. The number of benzene rings is 1. The van der Waals surface area contributed by atoms with Gasteiger partial charge in [-0.05, 0) is 49.2 Å². The molecule has 4 nitrogen and oxygen atoms in total. The van der Waals surface area contributed by atoms with Crippen molar-refractivity contribution >= 4 is 11.6 Å². The summed E-state index contributed by atoms with van der Waals surface area (Å²) in [5.74, 6) is 0.743. The lowest BCUT2D eigenvalue weighted by atomic mass is 10.00. The highest BCUT2D eigenvalue weighted by molar-refractivity contribution is 5.79. The molecule has 2 amide bonds. The molecule has 2 unspecified atom stereocenters. The summed E-state index contributed by atoms with van der Waals surface area (Å²) in [6.07, 6.45) is 8.05. The zero-order valence-corrected chi connectivity index (χ0v) is 14.1. The molecule has 1 aliphatic carbocycles. The van der Waals surface area contributed by atoms with Gasteiger partial charge in [0, 0.05) is 25.7 Å². The second-order valence-corrected chi connectivity index (χ2v) is 7.22. The van der Waals surface area contributed by atoms with Gasteiger partial charge in [-0.3, -0.25) is 0 Å². The van der Waals surface area contributed by atoms with Crippen LogP contribution in [-0.4, -0.2) is 42.8 Å². The van der Waals surface area contributed by atoms with Crippen LogP contribution in [0.3, 0.4) is 0 Å². The Morgan fingerprint density at radius 2 is 2.00 bits per heavy atom. The Hall–Kier alpha value is -1.81. The number of urea groups is 1. The molecule has 4 rings (SSSR count). The normalized spacial score (nSPS) is 27.5. The number of hydrogen-bond acceptors (Lipinski definition) is 2. The van der Waals surface area contributed by atoms with Crippen LogP contribution in [0.15, 0.2) is 36.4 Å². The van der Waals surface area contributed by atoms with E-state index >= 15 is 0 Å². The Balaban J connectivity index is 1.34. The zero-order chi connectivity index (χ0) is 16.4. The monoisotopic (exact) mass is 326 g/mol. The smallest absolute Gasteiger partial charge is 0.317 e. The molecule has 0 aromatic heterocycles. The predicted octanol–water partition coefficient (Wildman–Crippen LogP) is 3.44. The van der Waals surface area contributed by atoms with E-state index in [0.717, 1.165) is 38.3 Å². The quantitative estimate of drug-likeness (QED) is 0.924. The first-order valence-corrected chi connectivity index (χ1v) is 9.21. The van der Waals surface area contributed by atoms with Gasteiger partial charge >= 0.3 is 6.03 Å². The molecule has 1 aromatic carbocycles. The molecule has 0 radical (unpaired) electrons. The molecule has 2 fully saturated rings. The van der Waals surface area contributed by atoms with Crippen LogP contribution in [0.2, 0.25) is 0 Å². The SMILES string of the molecule is O=C(NC1CCOC(C2CC2)C1)N1CCC=C(c2ccccc2)C1. The fourth-order valence-electron chi connectivity index (χ4n) is 3.80. The van der Waals surface area contributed by atoms with Crippen LogP contribution in [0.25, 0.3) is 5.57 Å². The topological polar surface area (TPSA) is 41.6 Å². The predicted molar refractivity (Wildman–Crippen MR) is 94.6 cm³/mol. The van der Waals surface area contributed by atoms with Crippen molar-refractivity contribution in [3.8, 4) is 0 Å². The van der Waals surface area contributed by atoms with Crippen molar-refractivity contribution in [3.05, 3.63) is 42.0 Å². The number of carbonyl (C=O) groups is 1. The van der Waals surface area contributed by atoms with Crippen molar-refractivity contribution < 1.29 is 9.53 Å². The molecule has 4 heteroatoms. The highest BCUT2D eigenvalue weighted by atomic mass is 16.5. The fraction of sp³-hybridized carbons (Fsp3) is 0.550. The summed E-state index contributed by atoms with van der Waals surface area (Å²) < 4.78 is 5.86. The van der Waals surface area contributed by atoms with E-state index in [1.807, 2.05) is 11.0 Å². The molecule has 1 saturated carbocycles. The van der Waals surface area contributed by atoms with Crippen molar-refractivity contribution in [2.24, 2.45) is 5.92 Å². The fourth-order valence-corrected chi connectivity index (χ4v) is 3.80. The largest absolute Gasteiger partial charge is 0.378 e. The van der Waals surface area contributed by atoms with Crippen LogP contribution < -0.4 is 5.32 Å². The van der Waals surface area contributed by atoms with E-state index in [0.29, 0.717) is 12.6 Å². The summed E-state index contributed by atoms with van der Waals surface area (Å²) in [5.41, 5.74) is 2.47. The molecule has 24 heavy (non-hydrogen) atoms. The third-order valence-corrected chi connectivity index (χ3v) is 5.37. The van der Waals surface area contributed by atoms with Crippen LogP contribution in [0.1, 0.15) is 37.7 Å². The van der Waals surface area contributed by atoms with E-state index < -0.39 is 0 Å². The number of nitrogens with one attached hydrogen (secondary N) is 1. The number of ether oxygens (including phenoxy) is 1. The van der Waals surface area contributed by atoms with Gasteiger partial charge in [-0.25, -0.2) is 4.79 Å². The Morgan fingerprint density at radius 3 is 2.79 bits per heavy atom. The second-order valence-electron chi connectivity index (χ2n) is 7.22. The van der Waals surface area contributed by atoms with Gasteiger partial charge in [0.05, 0.1) is 6.10 Å². The number of hydrogen-bond donors (Lipinski definition) is 1. The summed E-state index contributed by atoms with van der Waals surface area (Å²) in [4.78, 5) is 14.6. The van der Waals surface area contributed by atoms with Gasteiger partial charge in [-0.1, -0.05) is 36.4 Å². The molecule has 1 N–H and O–H groups in total. The Bertz CT molecular complexity index is 609. The molecule has 1 saturated heterocycles. The van der Waals surface area contributed by atoms with E-state index in [1.54, 1.807) is 0 Å². The van der Waals surface area contributed by atoms with Crippen molar-refractivity contribution in [2.75, 3.05) is 19.7 Å². The Labute approximate surface area is 143 Å². The van der Waals surface area contributed by atoms with Gasteiger partial charge in [-0.15, -0.1) is 0 Å². The lowest BCUT2D eigenvalue weighted by molar-refractivity contribution is -0.00975. The van der Waals surface area contributed by atoms with Gasteiger partial charge in [-0.2, -0.15) is 0 Å². The van der Waals surface area contributed by atoms with Gasteiger partial charge in [0.25, 0.3) is 0 Å². The van der Waals surface area contributed by atoms with Crippen molar-refractivity contribution in [1.29, 1.82) is 0 Å². The molecule has 2 heterocycles. The van der Waals surface area contributed by atoms with Gasteiger partial charge in [0.2, 0.25) is 0 Å². The van der Waals surface area contributed by atoms with Gasteiger partial charge in [0.1, 0.15) is 0 Å². The van der Waals surface area contributed by atoms with Crippen molar-refractivity contribution in [1.82, 2.24) is 10.2 Å². The molecular formula is C20H26N2O2. The summed E-state index contributed by atoms with van der Waals surface area (Å²) in [6.45, 7) is 2.28. The summed E-state index contributed by atoms with van der Waals surface area (Å²) in [5, 5.41) is 3.25. The molecule has 2 atom stereocenters. The molecule has 0 spiro atoms. The number of amides is 2. The highest BCUT2D eigenvalue weighted by Crippen LogP contribution is 2.38. The first kappa shape index (κ1) is 15.7. The highest BCUT2D eigenvalue weighted by Gasteiger charge is 2.36. The third kappa shape index (κ3) is 3.64. The zero-order valence-electron chi connectivity index (χ0n) is 14.1. The lowest BCUT2D eigenvalue weighted by Crippen LogP contribution is -2.49. The number of carbonyl (C=O) groups excluding carboxylic acids is 1. The molecule has 0 bridgehead atoms. The Morgan fingerprint density at radius 1 is 1.17 bits per heavy atom. The van der Waals surface area contributed by atoms with Crippen LogP contribution in [0.4, 0.5) is 4.79 Å². The second kappa shape index (κ2) is 6.98. The maximum atomic E-state index is 12.7. The minimum atomic E-state index is 0.0815. The summed E-state index contributed by atoms with van der Waals surface area (Å²) in [6, 6.07) is 10.7. The Kier molecular flexibility index (Phi) is 4.56. The summed E-state index contributed by atoms with van der Waals surface area (Å²) in [7, 11) is 0. The van der Waals surface area contributed by atoms with Crippen LogP contribution in [0.5, 0.6) is 0 Å². The maximum Gasteiger partial charge on any atom is 0.317 e. The average Bonchev–Trinajstić information content (AvgIpc) is 3.48. The lowest BCUT2D eigenvalue weighted by Gasteiger charge is -2.33. The maximum absolute atomic E-state index is 12.7. The molecular weight excluding hydrogens is 300 g/mol. The van der Waals surface area contributed by atoms with Crippen LogP contribution in [-0.2, 0) is 4.74 Å².